The van der Waals surface area contributed by atoms with E-state index in [9.17, 15) is 0 Å². The van der Waals surface area contributed by atoms with Crippen molar-refractivity contribution in [3.8, 4) is 0 Å². The van der Waals surface area contributed by atoms with Gasteiger partial charge in [0, 0.05) is 18.2 Å². The Morgan fingerprint density at radius 3 is 2.56 bits per heavy atom. The van der Waals surface area contributed by atoms with E-state index in [0.29, 0.717) is 6.04 Å². The van der Waals surface area contributed by atoms with Crippen LogP contribution in [-0.4, -0.2) is 19.3 Å². The molecular weight excluding hydrogens is 198 g/mol. The number of hydrogen-bond acceptors (Lipinski definition) is 2. The van der Waals surface area contributed by atoms with Gasteiger partial charge in [-0.2, -0.15) is 0 Å². The highest BCUT2D eigenvalue weighted by molar-refractivity contribution is 5.27. The number of hydrogen-bond donors (Lipinski definition) is 1. The third kappa shape index (κ3) is 1.76. The molecule has 86 valence electrons. The summed E-state index contributed by atoms with van der Waals surface area (Å²) in [6.45, 7) is 1.80. The second kappa shape index (κ2) is 4.19. The number of ether oxygens (including phenoxy) is 1. The van der Waals surface area contributed by atoms with Crippen molar-refractivity contribution >= 4 is 0 Å². The van der Waals surface area contributed by atoms with Crippen molar-refractivity contribution < 1.29 is 4.74 Å². The Morgan fingerprint density at radius 1 is 1.19 bits per heavy atom. The van der Waals surface area contributed by atoms with Gasteiger partial charge >= 0.3 is 0 Å². The van der Waals surface area contributed by atoms with E-state index in [1.807, 2.05) is 0 Å². The van der Waals surface area contributed by atoms with Crippen molar-refractivity contribution in [3.63, 3.8) is 0 Å². The molecule has 1 unspecified atom stereocenters. The summed E-state index contributed by atoms with van der Waals surface area (Å²) in [5.41, 5.74) is 1.70. The first-order chi connectivity index (χ1) is 7.89. The molecule has 0 spiro atoms. The molecule has 1 aliphatic carbocycles. The first-order valence-electron chi connectivity index (χ1n) is 6.30. The van der Waals surface area contributed by atoms with Gasteiger partial charge in [-0.3, -0.25) is 0 Å². The van der Waals surface area contributed by atoms with Crippen molar-refractivity contribution in [2.75, 3.05) is 13.2 Å². The van der Waals surface area contributed by atoms with E-state index in [4.69, 9.17) is 4.74 Å². The third-order valence-electron chi connectivity index (χ3n) is 3.94. The Labute approximate surface area is 97.0 Å². The van der Waals surface area contributed by atoms with Gasteiger partial charge in [0.25, 0.3) is 0 Å². The van der Waals surface area contributed by atoms with E-state index >= 15 is 0 Å². The summed E-state index contributed by atoms with van der Waals surface area (Å²) in [6, 6.07) is 11.4. The van der Waals surface area contributed by atoms with Crippen molar-refractivity contribution in [1.82, 2.24) is 5.32 Å². The fraction of sp³-hybridized carbons (Fsp3) is 0.571. The van der Waals surface area contributed by atoms with E-state index in [-0.39, 0.29) is 5.54 Å². The molecule has 1 saturated carbocycles. The molecule has 2 heteroatoms. The summed E-state index contributed by atoms with van der Waals surface area (Å²) in [4.78, 5) is 0. The molecule has 1 aromatic rings. The van der Waals surface area contributed by atoms with Gasteiger partial charge in [-0.05, 0) is 31.2 Å². The minimum absolute atomic E-state index is 0.250. The Bertz CT molecular complexity index is 339. The lowest BCUT2D eigenvalue weighted by Gasteiger charge is -2.45. The molecule has 2 aliphatic rings. The van der Waals surface area contributed by atoms with E-state index in [1.165, 1.54) is 24.8 Å². The lowest BCUT2D eigenvalue weighted by atomic mass is 9.71. The SMILES string of the molecule is c1ccc(C2(NC3CCOC3)CCC2)cc1. The van der Waals surface area contributed by atoms with E-state index in [2.05, 4.69) is 35.6 Å². The molecule has 2 fully saturated rings. The molecule has 1 atom stereocenters. The third-order valence-corrected chi connectivity index (χ3v) is 3.94. The average molecular weight is 217 g/mol. The first-order valence-corrected chi connectivity index (χ1v) is 6.30. The Hall–Kier alpha value is -0.860. The van der Waals surface area contributed by atoms with E-state index < -0.39 is 0 Å². The zero-order valence-electron chi connectivity index (χ0n) is 9.61. The summed E-state index contributed by atoms with van der Waals surface area (Å²) < 4.78 is 5.44. The van der Waals surface area contributed by atoms with Gasteiger partial charge < -0.3 is 10.1 Å². The van der Waals surface area contributed by atoms with Gasteiger partial charge in [0.15, 0.2) is 0 Å². The van der Waals surface area contributed by atoms with Crippen LogP contribution in [0.1, 0.15) is 31.2 Å². The summed E-state index contributed by atoms with van der Waals surface area (Å²) >= 11 is 0. The molecule has 1 saturated heterocycles. The van der Waals surface area contributed by atoms with Crippen LogP contribution in [0.15, 0.2) is 30.3 Å². The van der Waals surface area contributed by atoms with Crippen LogP contribution < -0.4 is 5.32 Å². The topological polar surface area (TPSA) is 21.3 Å². The molecule has 1 N–H and O–H groups in total. The number of rotatable bonds is 3. The Kier molecular flexibility index (Phi) is 2.70. The molecule has 0 radical (unpaired) electrons. The maximum absolute atomic E-state index is 5.44. The van der Waals surface area contributed by atoms with Crippen molar-refractivity contribution in [2.45, 2.75) is 37.3 Å². The maximum atomic E-state index is 5.44. The van der Waals surface area contributed by atoms with Crippen molar-refractivity contribution in [2.24, 2.45) is 0 Å². The highest BCUT2D eigenvalue weighted by Gasteiger charge is 2.40. The highest BCUT2D eigenvalue weighted by Crippen LogP contribution is 2.41. The van der Waals surface area contributed by atoms with Gasteiger partial charge in [-0.15, -0.1) is 0 Å². The highest BCUT2D eigenvalue weighted by atomic mass is 16.5. The van der Waals surface area contributed by atoms with Gasteiger partial charge in [-0.25, -0.2) is 0 Å². The lowest BCUT2D eigenvalue weighted by Crippen LogP contribution is -2.52. The molecule has 1 heterocycles. The van der Waals surface area contributed by atoms with E-state index in [1.54, 1.807) is 0 Å². The quantitative estimate of drug-likeness (QED) is 0.839. The maximum Gasteiger partial charge on any atom is 0.0620 e. The van der Waals surface area contributed by atoms with Crippen LogP contribution in [0, 0.1) is 0 Å². The predicted octanol–water partition coefficient (Wildman–Crippen LogP) is 2.44. The molecular formula is C14H19NO. The summed E-state index contributed by atoms with van der Waals surface area (Å²) in [7, 11) is 0. The molecule has 3 rings (SSSR count). The summed E-state index contributed by atoms with van der Waals surface area (Å²) in [5, 5.41) is 3.82. The fourth-order valence-electron chi connectivity index (χ4n) is 2.84. The van der Waals surface area contributed by atoms with Crippen molar-refractivity contribution in [1.29, 1.82) is 0 Å². The van der Waals surface area contributed by atoms with Crippen LogP contribution in [0.5, 0.6) is 0 Å². The number of benzene rings is 1. The monoisotopic (exact) mass is 217 g/mol. The normalized spacial score (nSPS) is 27.6. The standard InChI is InChI=1S/C14H19NO/c1-2-5-12(6-3-1)14(8-4-9-14)15-13-7-10-16-11-13/h1-3,5-6,13,15H,4,7-11H2. The first kappa shape index (κ1) is 10.3. The Balaban J connectivity index is 1.77. The fourth-order valence-corrected chi connectivity index (χ4v) is 2.84. The second-order valence-corrected chi connectivity index (χ2v) is 5.01. The van der Waals surface area contributed by atoms with Crippen LogP contribution in [0.2, 0.25) is 0 Å². The number of nitrogens with one attached hydrogen (secondary N) is 1. The van der Waals surface area contributed by atoms with Crippen molar-refractivity contribution in [3.05, 3.63) is 35.9 Å². The largest absolute Gasteiger partial charge is 0.380 e. The smallest absolute Gasteiger partial charge is 0.0620 e. The summed E-state index contributed by atoms with van der Waals surface area (Å²) in [6.07, 6.45) is 5.05. The zero-order chi connectivity index (χ0) is 10.8. The minimum Gasteiger partial charge on any atom is -0.380 e. The van der Waals surface area contributed by atoms with Crippen LogP contribution in [-0.2, 0) is 10.3 Å². The minimum atomic E-state index is 0.250. The lowest BCUT2D eigenvalue weighted by molar-refractivity contribution is 0.142. The molecule has 16 heavy (non-hydrogen) atoms. The van der Waals surface area contributed by atoms with Crippen LogP contribution >= 0.6 is 0 Å². The molecule has 1 aliphatic heterocycles. The molecule has 0 bridgehead atoms. The molecule has 0 amide bonds. The predicted molar refractivity (Wildman–Crippen MR) is 64.3 cm³/mol. The van der Waals surface area contributed by atoms with Gasteiger partial charge in [0.05, 0.1) is 6.61 Å². The van der Waals surface area contributed by atoms with E-state index in [0.717, 1.165) is 19.6 Å². The van der Waals surface area contributed by atoms with Gasteiger partial charge in [0.1, 0.15) is 0 Å². The summed E-state index contributed by atoms with van der Waals surface area (Å²) in [5.74, 6) is 0. The van der Waals surface area contributed by atoms with Gasteiger partial charge in [0.2, 0.25) is 0 Å². The molecule has 0 aromatic heterocycles. The van der Waals surface area contributed by atoms with Gasteiger partial charge in [-0.1, -0.05) is 30.3 Å². The average Bonchev–Trinajstić information content (AvgIpc) is 2.77. The molecule has 1 aromatic carbocycles. The Morgan fingerprint density at radius 2 is 2.00 bits per heavy atom. The molecule has 2 nitrogen and oxygen atoms in total. The second-order valence-electron chi connectivity index (χ2n) is 5.01. The van der Waals surface area contributed by atoms with Crippen LogP contribution in [0.25, 0.3) is 0 Å². The van der Waals surface area contributed by atoms with Crippen LogP contribution in [0.3, 0.4) is 0 Å². The van der Waals surface area contributed by atoms with Crippen LogP contribution in [0.4, 0.5) is 0 Å². The zero-order valence-corrected chi connectivity index (χ0v) is 9.61.